The van der Waals surface area contributed by atoms with Gasteiger partial charge in [-0.1, -0.05) is 12.1 Å². The summed E-state index contributed by atoms with van der Waals surface area (Å²) >= 11 is 0. The number of hydrogen-bond acceptors (Lipinski definition) is 4. The van der Waals surface area contributed by atoms with Crippen LogP contribution in [0.15, 0.2) is 34.7 Å². The van der Waals surface area contributed by atoms with Gasteiger partial charge in [0.1, 0.15) is 11.2 Å². The summed E-state index contributed by atoms with van der Waals surface area (Å²) in [6, 6.07) is 9.76. The first kappa shape index (κ1) is 14.7. The second-order valence-electron chi connectivity index (χ2n) is 7.07. The van der Waals surface area contributed by atoms with E-state index in [0.717, 1.165) is 35.5 Å². The lowest BCUT2D eigenvalue weighted by Crippen LogP contribution is -2.38. The number of rotatable bonds is 3. The number of aromatic nitrogens is 3. The van der Waals surface area contributed by atoms with Gasteiger partial charge in [0.15, 0.2) is 11.5 Å². The molecular weight excluding hydrogens is 316 g/mol. The number of nitrogens with one attached hydrogen (secondary N) is 1. The van der Waals surface area contributed by atoms with E-state index in [0.29, 0.717) is 24.7 Å². The maximum absolute atomic E-state index is 12.6. The first-order valence-corrected chi connectivity index (χ1v) is 8.98. The van der Waals surface area contributed by atoms with Gasteiger partial charge in [0.25, 0.3) is 5.91 Å². The smallest absolute Gasteiger partial charge is 0.274 e. The van der Waals surface area contributed by atoms with Gasteiger partial charge in [0.05, 0.1) is 0 Å². The van der Waals surface area contributed by atoms with Gasteiger partial charge >= 0.3 is 0 Å². The largest absolute Gasteiger partial charge is 0.440 e. The molecule has 2 aromatic heterocycles. The predicted molar refractivity (Wildman–Crippen MR) is 92.5 cm³/mol. The molecule has 0 radical (unpaired) electrons. The van der Waals surface area contributed by atoms with E-state index in [1.807, 2.05) is 35.2 Å². The molecule has 1 N–H and O–H groups in total. The third-order valence-electron chi connectivity index (χ3n) is 5.28. The van der Waals surface area contributed by atoms with Crippen LogP contribution in [0.2, 0.25) is 0 Å². The van der Waals surface area contributed by atoms with Crippen LogP contribution in [0.4, 0.5) is 0 Å². The van der Waals surface area contributed by atoms with Crippen molar-refractivity contribution >= 4 is 17.0 Å². The molecule has 1 saturated heterocycles. The molecular formula is C19H20N4O2. The molecule has 5 rings (SSSR count). The summed E-state index contributed by atoms with van der Waals surface area (Å²) in [6.07, 6.45) is 4.15. The molecule has 0 bridgehead atoms. The van der Waals surface area contributed by atoms with Gasteiger partial charge in [-0.05, 0) is 43.9 Å². The van der Waals surface area contributed by atoms with Crippen LogP contribution in [0.3, 0.4) is 0 Å². The fourth-order valence-electron chi connectivity index (χ4n) is 3.61. The highest BCUT2D eigenvalue weighted by atomic mass is 16.3. The second-order valence-corrected chi connectivity index (χ2v) is 7.07. The van der Waals surface area contributed by atoms with E-state index < -0.39 is 0 Å². The number of piperidine rings is 1. The standard InChI is InChI=1S/C19H20N4O2/c24-19(16-11-15(21-22-16)12-5-6-12)23-9-7-13(8-10-23)18-20-14-3-1-2-4-17(14)25-18/h1-4,11-13H,5-10H2,(H,21,22). The fourth-order valence-corrected chi connectivity index (χ4v) is 3.61. The Bertz CT molecular complexity index is 883. The number of aromatic amines is 1. The first-order chi connectivity index (χ1) is 12.3. The van der Waals surface area contributed by atoms with Crippen LogP contribution in [-0.4, -0.2) is 39.1 Å². The number of likely N-dealkylation sites (tertiary alicyclic amines) is 1. The van der Waals surface area contributed by atoms with Gasteiger partial charge in [-0.3, -0.25) is 9.89 Å². The third kappa shape index (κ3) is 2.71. The lowest BCUT2D eigenvalue weighted by Gasteiger charge is -2.30. The van der Waals surface area contributed by atoms with Crippen LogP contribution in [0.1, 0.15) is 59.6 Å². The zero-order valence-corrected chi connectivity index (χ0v) is 13.9. The fraction of sp³-hybridized carbons (Fsp3) is 0.421. The number of benzene rings is 1. The monoisotopic (exact) mass is 336 g/mol. The number of para-hydroxylation sites is 2. The van der Waals surface area contributed by atoms with Crippen molar-refractivity contribution in [3.8, 4) is 0 Å². The number of carbonyl (C=O) groups is 1. The average Bonchev–Trinajstić information content (AvgIpc) is 3.22. The van der Waals surface area contributed by atoms with Gasteiger partial charge in [-0.15, -0.1) is 0 Å². The predicted octanol–water partition coefficient (Wildman–Crippen LogP) is 3.45. The number of hydrogen-bond donors (Lipinski definition) is 1. The molecule has 1 saturated carbocycles. The first-order valence-electron chi connectivity index (χ1n) is 8.98. The number of oxazole rings is 1. The van der Waals surface area contributed by atoms with E-state index in [1.54, 1.807) is 0 Å². The maximum Gasteiger partial charge on any atom is 0.274 e. The lowest BCUT2D eigenvalue weighted by molar-refractivity contribution is 0.0700. The highest BCUT2D eigenvalue weighted by molar-refractivity contribution is 5.92. The zero-order chi connectivity index (χ0) is 16.8. The Morgan fingerprint density at radius 2 is 1.92 bits per heavy atom. The van der Waals surface area contributed by atoms with E-state index in [-0.39, 0.29) is 11.8 Å². The molecule has 2 aliphatic rings. The number of amides is 1. The molecule has 128 valence electrons. The van der Waals surface area contributed by atoms with Crippen molar-refractivity contribution in [2.45, 2.75) is 37.5 Å². The number of fused-ring (bicyclic) bond motifs is 1. The molecule has 0 unspecified atom stereocenters. The van der Waals surface area contributed by atoms with Crippen LogP contribution < -0.4 is 0 Å². The van der Waals surface area contributed by atoms with Gasteiger partial charge in [-0.2, -0.15) is 5.10 Å². The van der Waals surface area contributed by atoms with Gasteiger partial charge in [-0.25, -0.2) is 4.98 Å². The number of nitrogens with zero attached hydrogens (tertiary/aromatic N) is 3. The molecule has 6 nitrogen and oxygen atoms in total. The van der Waals surface area contributed by atoms with Crippen LogP contribution in [-0.2, 0) is 0 Å². The van der Waals surface area contributed by atoms with Crippen molar-refractivity contribution < 1.29 is 9.21 Å². The molecule has 1 aliphatic heterocycles. The Hall–Kier alpha value is -2.63. The molecule has 0 atom stereocenters. The summed E-state index contributed by atoms with van der Waals surface area (Å²) in [5.74, 6) is 1.68. The SMILES string of the molecule is O=C(c1cc(C2CC2)[nH]n1)N1CCC(c2nc3ccccc3o2)CC1. The summed E-state index contributed by atoms with van der Waals surface area (Å²) < 4.78 is 5.89. The van der Waals surface area contributed by atoms with Crippen LogP contribution >= 0.6 is 0 Å². The van der Waals surface area contributed by atoms with Crippen molar-refractivity contribution in [3.63, 3.8) is 0 Å². The third-order valence-corrected chi connectivity index (χ3v) is 5.28. The number of carbonyl (C=O) groups excluding carboxylic acids is 1. The Morgan fingerprint density at radius 1 is 1.12 bits per heavy atom. The molecule has 6 heteroatoms. The lowest BCUT2D eigenvalue weighted by atomic mass is 9.96. The summed E-state index contributed by atoms with van der Waals surface area (Å²) in [5, 5.41) is 7.23. The molecule has 1 amide bonds. The van der Waals surface area contributed by atoms with Gasteiger partial charge in [0, 0.05) is 30.6 Å². The molecule has 3 aromatic rings. The Balaban J connectivity index is 1.26. The molecule has 1 aliphatic carbocycles. The average molecular weight is 336 g/mol. The van der Waals surface area contributed by atoms with E-state index in [9.17, 15) is 4.79 Å². The van der Waals surface area contributed by atoms with E-state index in [1.165, 1.54) is 12.8 Å². The zero-order valence-electron chi connectivity index (χ0n) is 13.9. The molecule has 1 aromatic carbocycles. The van der Waals surface area contributed by atoms with Crippen molar-refractivity contribution in [1.29, 1.82) is 0 Å². The summed E-state index contributed by atoms with van der Waals surface area (Å²) in [7, 11) is 0. The van der Waals surface area contributed by atoms with Crippen LogP contribution in [0.5, 0.6) is 0 Å². The Morgan fingerprint density at radius 3 is 2.68 bits per heavy atom. The molecule has 25 heavy (non-hydrogen) atoms. The highest BCUT2D eigenvalue weighted by Gasteiger charge is 2.30. The van der Waals surface area contributed by atoms with E-state index >= 15 is 0 Å². The molecule has 3 heterocycles. The number of H-pyrrole nitrogens is 1. The Kier molecular flexibility index (Phi) is 3.36. The van der Waals surface area contributed by atoms with Crippen LogP contribution in [0.25, 0.3) is 11.1 Å². The highest BCUT2D eigenvalue weighted by Crippen LogP contribution is 2.39. The maximum atomic E-state index is 12.6. The molecule has 0 spiro atoms. The normalized spacial score (nSPS) is 18.8. The van der Waals surface area contributed by atoms with E-state index in [2.05, 4.69) is 15.2 Å². The second kappa shape index (κ2) is 5.72. The summed E-state index contributed by atoms with van der Waals surface area (Å²) in [4.78, 5) is 19.1. The van der Waals surface area contributed by atoms with Crippen LogP contribution in [0, 0.1) is 0 Å². The van der Waals surface area contributed by atoms with Crippen molar-refractivity contribution in [2.75, 3.05) is 13.1 Å². The topological polar surface area (TPSA) is 75.0 Å². The summed E-state index contributed by atoms with van der Waals surface area (Å²) in [5.41, 5.74) is 3.38. The van der Waals surface area contributed by atoms with E-state index in [4.69, 9.17) is 4.42 Å². The minimum absolute atomic E-state index is 0.0270. The minimum Gasteiger partial charge on any atom is -0.440 e. The minimum atomic E-state index is 0.0270. The Labute approximate surface area is 145 Å². The van der Waals surface area contributed by atoms with Gasteiger partial charge in [0.2, 0.25) is 0 Å². The molecule has 2 fully saturated rings. The quantitative estimate of drug-likeness (QED) is 0.795. The van der Waals surface area contributed by atoms with Gasteiger partial charge < -0.3 is 9.32 Å². The summed E-state index contributed by atoms with van der Waals surface area (Å²) in [6.45, 7) is 1.43. The van der Waals surface area contributed by atoms with Crippen molar-refractivity contribution in [3.05, 3.63) is 47.6 Å². The van der Waals surface area contributed by atoms with Crippen molar-refractivity contribution in [1.82, 2.24) is 20.1 Å². The van der Waals surface area contributed by atoms with Crippen molar-refractivity contribution in [2.24, 2.45) is 0 Å².